The lowest BCUT2D eigenvalue weighted by atomic mass is 10.1. The second kappa shape index (κ2) is 8.78. The van der Waals surface area contributed by atoms with Gasteiger partial charge in [-0.15, -0.1) is 0 Å². The Kier molecular flexibility index (Phi) is 6.98. The molecule has 1 saturated heterocycles. The van der Waals surface area contributed by atoms with Crippen LogP contribution in [0.3, 0.4) is 0 Å². The van der Waals surface area contributed by atoms with Crippen LogP contribution in [0.5, 0.6) is 0 Å². The molecule has 1 aromatic rings. The first kappa shape index (κ1) is 19.9. The molecule has 1 aliphatic rings. The molecule has 1 aliphatic heterocycles. The number of amides is 1. The number of morpholine rings is 1. The highest BCUT2D eigenvalue weighted by Crippen LogP contribution is 2.10. The Balaban J connectivity index is 1.83. The van der Waals surface area contributed by atoms with Crippen molar-refractivity contribution in [1.82, 2.24) is 10.2 Å². The summed E-state index contributed by atoms with van der Waals surface area (Å²) in [6.07, 6.45) is 1.20. The van der Waals surface area contributed by atoms with E-state index in [2.05, 4.69) is 24.1 Å². The van der Waals surface area contributed by atoms with E-state index < -0.39 is 9.84 Å². The van der Waals surface area contributed by atoms with Gasteiger partial charge in [0.2, 0.25) is 0 Å². The number of carbonyl (C=O) groups excluding carboxylic acids is 1. The van der Waals surface area contributed by atoms with Crippen molar-refractivity contribution in [2.24, 2.45) is 5.92 Å². The zero-order valence-electron chi connectivity index (χ0n) is 15.2. The summed E-state index contributed by atoms with van der Waals surface area (Å²) < 4.78 is 28.3. The van der Waals surface area contributed by atoms with Crippen LogP contribution in [0.15, 0.2) is 24.3 Å². The fraction of sp³-hybridized carbons (Fsp3) is 0.611. The summed E-state index contributed by atoms with van der Waals surface area (Å²) in [6.45, 7) is 8.34. The van der Waals surface area contributed by atoms with Crippen molar-refractivity contribution < 1.29 is 17.9 Å². The Morgan fingerprint density at radius 3 is 2.60 bits per heavy atom. The summed E-state index contributed by atoms with van der Waals surface area (Å²) >= 11 is 0. The van der Waals surface area contributed by atoms with Crippen LogP contribution in [0.25, 0.3) is 0 Å². The van der Waals surface area contributed by atoms with E-state index in [0.29, 0.717) is 30.2 Å². The van der Waals surface area contributed by atoms with Gasteiger partial charge in [-0.2, -0.15) is 0 Å². The third-order valence-corrected chi connectivity index (χ3v) is 4.84. The Bertz CT molecular complexity index is 671. The van der Waals surface area contributed by atoms with Gasteiger partial charge in [-0.3, -0.25) is 9.69 Å². The van der Waals surface area contributed by atoms with Crippen LogP contribution in [0, 0.1) is 5.92 Å². The lowest BCUT2D eigenvalue weighted by molar-refractivity contribution is -0.0295. The van der Waals surface area contributed by atoms with Gasteiger partial charge in [0.25, 0.3) is 5.91 Å². The van der Waals surface area contributed by atoms with E-state index in [0.717, 1.165) is 19.6 Å². The molecule has 25 heavy (non-hydrogen) atoms. The van der Waals surface area contributed by atoms with Crippen LogP contribution in [-0.2, 0) is 20.3 Å². The van der Waals surface area contributed by atoms with E-state index in [1.807, 2.05) is 0 Å². The molecule has 2 rings (SSSR count). The molecule has 1 N–H and O–H groups in total. The molecule has 0 spiro atoms. The number of hydrogen-bond donors (Lipinski definition) is 1. The summed E-state index contributed by atoms with van der Waals surface area (Å²) in [6, 6.07) is 6.67. The molecule has 140 valence electrons. The molecule has 0 aromatic heterocycles. The van der Waals surface area contributed by atoms with E-state index in [1.165, 1.54) is 6.26 Å². The third-order valence-electron chi connectivity index (χ3n) is 3.98. The quantitative estimate of drug-likeness (QED) is 0.786. The van der Waals surface area contributed by atoms with E-state index in [1.54, 1.807) is 24.3 Å². The summed E-state index contributed by atoms with van der Waals surface area (Å²) in [7, 11) is -3.07. The van der Waals surface area contributed by atoms with Gasteiger partial charge in [-0.05, 0) is 23.6 Å². The lowest BCUT2D eigenvalue weighted by Crippen LogP contribution is -2.48. The van der Waals surface area contributed by atoms with Crippen LogP contribution in [0.4, 0.5) is 0 Å². The highest BCUT2D eigenvalue weighted by atomic mass is 32.2. The van der Waals surface area contributed by atoms with Gasteiger partial charge in [0.1, 0.15) is 0 Å². The van der Waals surface area contributed by atoms with Crippen molar-refractivity contribution in [3.05, 3.63) is 35.4 Å². The van der Waals surface area contributed by atoms with Crippen LogP contribution >= 0.6 is 0 Å². The molecule has 1 amide bonds. The van der Waals surface area contributed by atoms with Crippen molar-refractivity contribution in [3.8, 4) is 0 Å². The molecule has 0 aliphatic carbocycles. The minimum Gasteiger partial charge on any atom is -0.374 e. The number of ether oxygens (including phenoxy) is 1. The van der Waals surface area contributed by atoms with E-state index in [9.17, 15) is 13.2 Å². The predicted octanol–water partition coefficient (Wildman–Crippen LogP) is 1.32. The number of benzene rings is 1. The van der Waals surface area contributed by atoms with Crippen LogP contribution < -0.4 is 5.32 Å². The second-order valence-corrected chi connectivity index (χ2v) is 9.26. The van der Waals surface area contributed by atoms with Gasteiger partial charge in [-0.1, -0.05) is 26.0 Å². The van der Waals surface area contributed by atoms with Gasteiger partial charge < -0.3 is 10.1 Å². The molecule has 1 atom stereocenters. The highest BCUT2D eigenvalue weighted by Gasteiger charge is 2.21. The molecule has 1 fully saturated rings. The minimum absolute atomic E-state index is 0.000887. The van der Waals surface area contributed by atoms with Crippen LogP contribution in [0.2, 0.25) is 0 Å². The van der Waals surface area contributed by atoms with Crippen molar-refractivity contribution >= 4 is 15.7 Å². The Morgan fingerprint density at radius 2 is 2.00 bits per heavy atom. The normalized spacial score (nSPS) is 19.1. The van der Waals surface area contributed by atoms with Crippen molar-refractivity contribution in [3.63, 3.8) is 0 Å². The average molecular weight is 368 g/mol. The molecule has 1 heterocycles. The summed E-state index contributed by atoms with van der Waals surface area (Å²) in [5, 5.41) is 2.90. The Morgan fingerprint density at radius 1 is 1.32 bits per heavy atom. The number of rotatable bonds is 7. The van der Waals surface area contributed by atoms with Crippen LogP contribution in [-0.4, -0.2) is 64.4 Å². The molecule has 0 radical (unpaired) electrons. The van der Waals surface area contributed by atoms with Crippen LogP contribution in [0.1, 0.15) is 29.8 Å². The lowest BCUT2D eigenvalue weighted by Gasteiger charge is -2.33. The van der Waals surface area contributed by atoms with Gasteiger partial charge in [-0.25, -0.2) is 8.42 Å². The largest absolute Gasteiger partial charge is 0.374 e. The van der Waals surface area contributed by atoms with Gasteiger partial charge >= 0.3 is 0 Å². The number of sulfone groups is 1. The SMILES string of the molecule is CC(C)CN1CCOC(CNC(=O)c2ccc(CS(C)(=O)=O)cc2)C1. The monoisotopic (exact) mass is 368 g/mol. The maximum absolute atomic E-state index is 12.2. The maximum atomic E-state index is 12.2. The number of nitrogens with one attached hydrogen (secondary N) is 1. The molecular formula is C18H28N2O4S. The van der Waals surface area contributed by atoms with Crippen molar-refractivity contribution in [2.75, 3.05) is 39.0 Å². The highest BCUT2D eigenvalue weighted by molar-refractivity contribution is 7.89. The standard InChI is InChI=1S/C18H28N2O4S/c1-14(2)11-20-8-9-24-17(12-20)10-19-18(21)16-6-4-15(5-7-16)13-25(3,22)23/h4-7,14,17H,8-13H2,1-3H3,(H,19,21). The molecule has 6 nitrogen and oxygen atoms in total. The Labute approximate surface area is 150 Å². The predicted molar refractivity (Wildman–Crippen MR) is 98.3 cm³/mol. The fourth-order valence-corrected chi connectivity index (χ4v) is 3.75. The van der Waals surface area contributed by atoms with E-state index >= 15 is 0 Å². The number of hydrogen-bond acceptors (Lipinski definition) is 5. The van der Waals surface area contributed by atoms with E-state index in [-0.39, 0.29) is 17.8 Å². The molecule has 0 saturated carbocycles. The molecule has 1 aromatic carbocycles. The third kappa shape index (κ3) is 7.13. The van der Waals surface area contributed by atoms with Crippen molar-refractivity contribution in [2.45, 2.75) is 25.7 Å². The topological polar surface area (TPSA) is 75.7 Å². The van der Waals surface area contributed by atoms with Gasteiger partial charge in [0.05, 0.1) is 18.5 Å². The first-order valence-corrected chi connectivity index (χ1v) is 10.7. The molecule has 7 heteroatoms. The number of nitrogens with zero attached hydrogens (tertiary/aromatic N) is 1. The fourth-order valence-electron chi connectivity index (χ4n) is 2.95. The average Bonchev–Trinajstić information content (AvgIpc) is 2.51. The first-order valence-electron chi connectivity index (χ1n) is 8.62. The molecule has 1 unspecified atom stereocenters. The summed E-state index contributed by atoms with van der Waals surface area (Å²) in [4.78, 5) is 14.6. The maximum Gasteiger partial charge on any atom is 0.251 e. The minimum atomic E-state index is -3.07. The summed E-state index contributed by atoms with van der Waals surface area (Å²) in [5.41, 5.74) is 1.20. The molecule has 0 bridgehead atoms. The molecular weight excluding hydrogens is 340 g/mol. The summed E-state index contributed by atoms with van der Waals surface area (Å²) in [5.74, 6) is 0.422. The Hall–Kier alpha value is -1.44. The smallest absolute Gasteiger partial charge is 0.251 e. The van der Waals surface area contributed by atoms with Gasteiger partial charge in [0, 0.05) is 38.0 Å². The zero-order chi connectivity index (χ0) is 18.4. The van der Waals surface area contributed by atoms with Gasteiger partial charge in [0.15, 0.2) is 9.84 Å². The zero-order valence-corrected chi connectivity index (χ0v) is 16.0. The van der Waals surface area contributed by atoms with E-state index in [4.69, 9.17) is 4.74 Å². The first-order chi connectivity index (χ1) is 11.7. The van der Waals surface area contributed by atoms with Crippen molar-refractivity contribution in [1.29, 1.82) is 0 Å². The second-order valence-electron chi connectivity index (χ2n) is 7.12. The number of carbonyl (C=O) groups is 1.